The maximum atomic E-state index is 11.3. The molecular weight excluding hydrogens is 312 g/mol. The number of ketones is 1. The van der Waals surface area contributed by atoms with Gasteiger partial charge in [0.2, 0.25) is 0 Å². The zero-order chi connectivity index (χ0) is 16.2. The minimum atomic E-state index is 0.0494. The van der Waals surface area contributed by atoms with Crippen molar-refractivity contribution in [2.45, 2.75) is 16.8 Å². The number of nitrogens with one attached hydrogen (secondary N) is 1. The topological polar surface area (TPSA) is 79.5 Å². The Labute approximate surface area is 137 Å². The molecule has 1 aromatic carbocycles. The van der Waals surface area contributed by atoms with Gasteiger partial charge in [-0.3, -0.25) is 4.79 Å². The summed E-state index contributed by atoms with van der Waals surface area (Å²) < 4.78 is 1.75. The zero-order valence-corrected chi connectivity index (χ0v) is 13.4. The van der Waals surface area contributed by atoms with Gasteiger partial charge in [0, 0.05) is 17.0 Å². The summed E-state index contributed by atoms with van der Waals surface area (Å²) in [7, 11) is 0. The van der Waals surface area contributed by atoms with Crippen molar-refractivity contribution < 1.29 is 9.90 Å². The summed E-state index contributed by atoms with van der Waals surface area (Å²) in [5.74, 6) is 0.732. The minimum absolute atomic E-state index is 0.0494. The van der Waals surface area contributed by atoms with Crippen LogP contribution in [0.4, 0.5) is 5.82 Å². The Morgan fingerprint density at radius 2 is 2.04 bits per heavy atom. The molecule has 0 aliphatic carbocycles. The van der Waals surface area contributed by atoms with Crippen molar-refractivity contribution in [2.24, 2.45) is 0 Å². The van der Waals surface area contributed by atoms with E-state index in [9.17, 15) is 4.79 Å². The number of imidazole rings is 1. The van der Waals surface area contributed by atoms with Gasteiger partial charge in [-0.2, -0.15) is 0 Å². The highest BCUT2D eigenvalue weighted by molar-refractivity contribution is 7.99. The van der Waals surface area contributed by atoms with E-state index < -0.39 is 0 Å². The van der Waals surface area contributed by atoms with E-state index in [4.69, 9.17) is 5.11 Å². The van der Waals surface area contributed by atoms with Crippen LogP contribution in [0.5, 0.6) is 0 Å². The van der Waals surface area contributed by atoms with Gasteiger partial charge in [0.1, 0.15) is 10.8 Å². The van der Waals surface area contributed by atoms with Crippen LogP contribution in [-0.2, 0) is 0 Å². The molecule has 3 rings (SSSR count). The van der Waals surface area contributed by atoms with Crippen molar-refractivity contribution in [3.63, 3.8) is 0 Å². The molecule has 7 heteroatoms. The van der Waals surface area contributed by atoms with E-state index in [2.05, 4.69) is 15.4 Å². The summed E-state index contributed by atoms with van der Waals surface area (Å²) in [6.45, 7) is 2.05. The average Bonchev–Trinajstić information content (AvgIpc) is 2.96. The van der Waals surface area contributed by atoms with E-state index in [0.29, 0.717) is 17.9 Å². The molecule has 0 unspecified atom stereocenters. The van der Waals surface area contributed by atoms with E-state index in [1.807, 2.05) is 36.4 Å². The molecule has 0 amide bonds. The summed E-state index contributed by atoms with van der Waals surface area (Å²) in [6.07, 6.45) is 1.77. The van der Waals surface area contributed by atoms with Crippen molar-refractivity contribution in [3.05, 3.63) is 48.2 Å². The number of benzene rings is 1. The van der Waals surface area contributed by atoms with E-state index in [1.54, 1.807) is 17.6 Å². The second-order valence-corrected chi connectivity index (χ2v) is 6.01. The second kappa shape index (κ2) is 6.80. The molecule has 0 bridgehead atoms. The molecule has 0 aliphatic rings. The molecule has 0 atom stereocenters. The number of fused-ring (bicyclic) bond motifs is 1. The summed E-state index contributed by atoms with van der Waals surface area (Å²) in [5.41, 5.74) is 1.45. The van der Waals surface area contributed by atoms with Gasteiger partial charge in [-0.1, -0.05) is 23.9 Å². The third-order valence-corrected chi connectivity index (χ3v) is 4.23. The van der Waals surface area contributed by atoms with Gasteiger partial charge in [-0.15, -0.1) is 5.10 Å². The number of anilines is 1. The van der Waals surface area contributed by atoms with Crippen LogP contribution < -0.4 is 5.32 Å². The number of Topliss-reactive ketones (excluding diaryl/α,β-unsaturated/α-hetero) is 1. The van der Waals surface area contributed by atoms with Crippen molar-refractivity contribution in [3.8, 4) is 0 Å². The van der Waals surface area contributed by atoms with Crippen LogP contribution in [0, 0.1) is 0 Å². The Hall–Kier alpha value is -2.38. The Kier molecular flexibility index (Phi) is 4.59. The SMILES string of the molecule is CC(=O)c1ccc(Sc2cnc3ccc(NCCO)nn23)cc1. The highest BCUT2D eigenvalue weighted by Crippen LogP contribution is 2.28. The first-order valence-electron chi connectivity index (χ1n) is 7.16. The lowest BCUT2D eigenvalue weighted by atomic mass is 10.2. The van der Waals surface area contributed by atoms with E-state index in [1.165, 1.54) is 11.8 Å². The molecule has 0 fully saturated rings. The third kappa shape index (κ3) is 3.52. The van der Waals surface area contributed by atoms with Gasteiger partial charge in [0.25, 0.3) is 0 Å². The Morgan fingerprint density at radius 3 is 2.74 bits per heavy atom. The fraction of sp³-hybridized carbons (Fsp3) is 0.188. The second-order valence-electron chi connectivity index (χ2n) is 4.92. The number of rotatable bonds is 6. The lowest BCUT2D eigenvalue weighted by Gasteiger charge is -2.05. The molecule has 3 aromatic rings. The zero-order valence-electron chi connectivity index (χ0n) is 12.6. The number of aromatic nitrogens is 3. The fourth-order valence-electron chi connectivity index (χ4n) is 2.08. The van der Waals surface area contributed by atoms with Gasteiger partial charge in [0.15, 0.2) is 11.4 Å². The van der Waals surface area contributed by atoms with Crippen LogP contribution in [0.2, 0.25) is 0 Å². The van der Waals surface area contributed by atoms with Gasteiger partial charge in [-0.25, -0.2) is 9.50 Å². The molecule has 0 saturated heterocycles. The molecule has 0 radical (unpaired) electrons. The van der Waals surface area contributed by atoms with Crippen molar-refractivity contribution in [2.75, 3.05) is 18.5 Å². The highest BCUT2D eigenvalue weighted by Gasteiger charge is 2.08. The van der Waals surface area contributed by atoms with Gasteiger partial charge < -0.3 is 10.4 Å². The summed E-state index contributed by atoms with van der Waals surface area (Å²) in [4.78, 5) is 16.7. The standard InChI is InChI=1S/C16H16N4O2S/c1-11(22)12-2-4-13(5-3-12)23-16-10-18-15-7-6-14(17-8-9-21)19-20(15)16/h2-7,10,21H,8-9H2,1H3,(H,17,19). The van der Waals surface area contributed by atoms with E-state index >= 15 is 0 Å². The van der Waals surface area contributed by atoms with Crippen LogP contribution in [0.15, 0.2) is 52.5 Å². The first-order valence-corrected chi connectivity index (χ1v) is 7.97. The highest BCUT2D eigenvalue weighted by atomic mass is 32.2. The number of carbonyl (C=O) groups excluding carboxylic acids is 1. The number of carbonyl (C=O) groups is 1. The summed E-state index contributed by atoms with van der Waals surface area (Å²) in [6, 6.07) is 11.2. The number of nitrogens with zero attached hydrogens (tertiary/aromatic N) is 3. The molecule has 0 saturated carbocycles. The van der Waals surface area contributed by atoms with Crippen molar-refractivity contribution >= 4 is 29.0 Å². The van der Waals surface area contributed by atoms with Crippen molar-refractivity contribution in [1.82, 2.24) is 14.6 Å². The predicted octanol–water partition coefficient (Wildman–Crippen LogP) is 2.49. The molecule has 23 heavy (non-hydrogen) atoms. The first-order chi connectivity index (χ1) is 11.2. The molecule has 0 spiro atoms. The molecule has 118 valence electrons. The molecule has 2 heterocycles. The molecule has 2 aromatic heterocycles. The number of hydrogen-bond acceptors (Lipinski definition) is 6. The maximum Gasteiger partial charge on any atom is 0.159 e. The predicted molar refractivity (Wildman–Crippen MR) is 89.1 cm³/mol. The Morgan fingerprint density at radius 1 is 1.26 bits per heavy atom. The van der Waals surface area contributed by atoms with Crippen LogP contribution in [0.25, 0.3) is 5.65 Å². The van der Waals surface area contributed by atoms with Gasteiger partial charge in [0.05, 0.1) is 12.8 Å². The quantitative estimate of drug-likeness (QED) is 0.677. The monoisotopic (exact) mass is 328 g/mol. The summed E-state index contributed by atoms with van der Waals surface area (Å²) >= 11 is 1.53. The maximum absolute atomic E-state index is 11.3. The molecule has 2 N–H and O–H groups in total. The summed E-state index contributed by atoms with van der Waals surface area (Å²) in [5, 5.41) is 17.3. The van der Waals surface area contributed by atoms with Crippen molar-refractivity contribution in [1.29, 1.82) is 0 Å². The number of aliphatic hydroxyl groups is 1. The van der Waals surface area contributed by atoms with Crippen LogP contribution in [0.1, 0.15) is 17.3 Å². The number of aliphatic hydroxyl groups excluding tert-OH is 1. The lowest BCUT2D eigenvalue weighted by Crippen LogP contribution is -2.08. The van der Waals surface area contributed by atoms with E-state index in [-0.39, 0.29) is 12.4 Å². The Bertz CT molecular complexity index is 830. The third-order valence-electron chi connectivity index (χ3n) is 3.23. The average molecular weight is 328 g/mol. The minimum Gasteiger partial charge on any atom is -0.395 e. The molecular formula is C16H16N4O2S. The van der Waals surface area contributed by atoms with Crippen LogP contribution in [-0.4, -0.2) is 38.6 Å². The van der Waals surface area contributed by atoms with Gasteiger partial charge in [-0.05, 0) is 31.2 Å². The van der Waals surface area contributed by atoms with Gasteiger partial charge >= 0.3 is 0 Å². The number of hydrogen-bond donors (Lipinski definition) is 2. The molecule has 0 aliphatic heterocycles. The lowest BCUT2D eigenvalue weighted by molar-refractivity contribution is 0.101. The largest absolute Gasteiger partial charge is 0.395 e. The molecule has 6 nitrogen and oxygen atoms in total. The Balaban J connectivity index is 1.85. The normalized spacial score (nSPS) is 10.9. The first kappa shape index (κ1) is 15.5. The smallest absolute Gasteiger partial charge is 0.159 e. The van der Waals surface area contributed by atoms with Crippen LogP contribution in [0.3, 0.4) is 0 Å². The van der Waals surface area contributed by atoms with E-state index in [0.717, 1.165) is 15.6 Å². The fourth-order valence-corrected chi connectivity index (χ4v) is 2.92. The van der Waals surface area contributed by atoms with Crippen LogP contribution >= 0.6 is 11.8 Å².